The van der Waals surface area contributed by atoms with E-state index in [2.05, 4.69) is 27.5 Å². The number of piperidine rings is 1. The van der Waals surface area contributed by atoms with Crippen molar-refractivity contribution in [1.82, 2.24) is 29.0 Å². The minimum absolute atomic E-state index is 0.0179. The predicted molar refractivity (Wildman–Crippen MR) is 130 cm³/mol. The van der Waals surface area contributed by atoms with Crippen LogP contribution in [-0.4, -0.2) is 61.1 Å². The molecule has 1 unspecified atom stereocenters. The lowest BCUT2D eigenvalue weighted by Crippen LogP contribution is -2.42. The SMILES string of the molecule is CCn1c(-c2nc3cc(C(=O)N4CC5C[C@@H](C4)[C@H](N)C5)cnc3n2C)cc2ccc(OC)nc21. The van der Waals surface area contributed by atoms with Gasteiger partial charge in [0.2, 0.25) is 5.88 Å². The number of fused-ring (bicyclic) bond motifs is 4. The van der Waals surface area contributed by atoms with E-state index in [1.165, 1.54) is 0 Å². The van der Waals surface area contributed by atoms with E-state index in [1.807, 2.05) is 34.7 Å². The third kappa shape index (κ3) is 3.18. The molecule has 1 aliphatic carbocycles. The predicted octanol–water partition coefficient (Wildman–Crippen LogP) is 2.82. The van der Waals surface area contributed by atoms with Crippen LogP contribution in [0, 0.1) is 11.8 Å². The number of amides is 1. The van der Waals surface area contributed by atoms with Gasteiger partial charge in [0, 0.05) is 50.4 Å². The molecule has 9 heteroatoms. The summed E-state index contributed by atoms with van der Waals surface area (Å²) in [5, 5.41) is 1.02. The van der Waals surface area contributed by atoms with Crippen molar-refractivity contribution in [3.05, 3.63) is 36.0 Å². The molecule has 0 spiro atoms. The highest BCUT2D eigenvalue weighted by Crippen LogP contribution is 2.36. The van der Waals surface area contributed by atoms with Crippen LogP contribution in [0.1, 0.15) is 30.1 Å². The maximum atomic E-state index is 13.3. The van der Waals surface area contributed by atoms with E-state index in [-0.39, 0.29) is 11.9 Å². The van der Waals surface area contributed by atoms with E-state index in [9.17, 15) is 4.79 Å². The molecule has 9 nitrogen and oxygen atoms in total. The number of carbonyl (C=O) groups is 1. The third-order valence-corrected chi connectivity index (χ3v) is 7.50. The first-order valence-electron chi connectivity index (χ1n) is 11.9. The van der Waals surface area contributed by atoms with Crippen molar-refractivity contribution < 1.29 is 9.53 Å². The summed E-state index contributed by atoms with van der Waals surface area (Å²) in [6, 6.07) is 8.03. The fraction of sp³-hybridized carbons (Fsp3) is 0.440. The minimum atomic E-state index is 0.0179. The number of pyridine rings is 2. The summed E-state index contributed by atoms with van der Waals surface area (Å²) < 4.78 is 9.42. The Kier molecular flexibility index (Phi) is 4.84. The molecular formula is C25H29N7O2. The average Bonchev–Trinajstić information content (AvgIpc) is 3.47. The van der Waals surface area contributed by atoms with Crippen LogP contribution >= 0.6 is 0 Å². The molecule has 34 heavy (non-hydrogen) atoms. The molecule has 2 N–H and O–H groups in total. The summed E-state index contributed by atoms with van der Waals surface area (Å²) in [4.78, 5) is 29.4. The molecule has 0 aromatic carbocycles. The van der Waals surface area contributed by atoms with Crippen molar-refractivity contribution in [2.45, 2.75) is 32.4 Å². The molecule has 1 amide bonds. The number of ether oxygens (including phenoxy) is 1. The normalized spacial score (nSPS) is 22.1. The molecule has 1 saturated carbocycles. The lowest BCUT2D eigenvalue weighted by Gasteiger charge is -2.32. The van der Waals surface area contributed by atoms with Gasteiger partial charge in [-0.25, -0.2) is 9.97 Å². The van der Waals surface area contributed by atoms with Crippen LogP contribution in [0.2, 0.25) is 0 Å². The van der Waals surface area contributed by atoms with Gasteiger partial charge < -0.3 is 24.5 Å². The van der Waals surface area contributed by atoms with E-state index >= 15 is 0 Å². The lowest BCUT2D eigenvalue weighted by molar-refractivity contribution is 0.0659. The smallest absolute Gasteiger partial charge is 0.255 e. The standard InChI is InChI=1S/C25H29N7O2/c1-4-32-20(10-15-5-6-21(34-3)29-22(15)32)24-28-19-9-16(11-27-23(19)30(24)2)25(33)31-12-14-7-17(13-31)18(26)8-14/h5-6,9-11,14,17-18H,4,7-8,12-13,26H2,1-3H3/t14?,17-,18+/m0/s1. The van der Waals surface area contributed by atoms with Crippen LogP contribution < -0.4 is 10.5 Å². The number of carbonyl (C=O) groups excluding carboxylic acids is 1. The fourth-order valence-electron chi connectivity index (χ4n) is 5.80. The summed E-state index contributed by atoms with van der Waals surface area (Å²) in [5.74, 6) is 2.30. The molecule has 1 saturated heterocycles. The van der Waals surface area contributed by atoms with Crippen LogP contribution in [0.5, 0.6) is 5.88 Å². The maximum absolute atomic E-state index is 13.3. The monoisotopic (exact) mass is 459 g/mol. The van der Waals surface area contributed by atoms with Gasteiger partial charge in [0.05, 0.1) is 18.4 Å². The first-order chi connectivity index (χ1) is 16.5. The Hall–Kier alpha value is -3.46. The van der Waals surface area contributed by atoms with E-state index in [0.29, 0.717) is 28.8 Å². The zero-order chi connectivity index (χ0) is 23.6. The Bertz CT molecular complexity index is 1420. The molecule has 4 aromatic rings. The zero-order valence-corrected chi connectivity index (χ0v) is 19.7. The van der Waals surface area contributed by atoms with Gasteiger partial charge in [0.15, 0.2) is 11.5 Å². The minimum Gasteiger partial charge on any atom is -0.481 e. The molecule has 6 rings (SSSR count). The largest absolute Gasteiger partial charge is 0.481 e. The average molecular weight is 460 g/mol. The lowest BCUT2D eigenvalue weighted by atomic mass is 9.97. The van der Waals surface area contributed by atoms with Crippen LogP contribution in [0.15, 0.2) is 30.5 Å². The van der Waals surface area contributed by atoms with Crippen molar-refractivity contribution in [1.29, 1.82) is 0 Å². The van der Waals surface area contributed by atoms with Gasteiger partial charge >= 0.3 is 0 Å². The first kappa shape index (κ1) is 21.1. The summed E-state index contributed by atoms with van der Waals surface area (Å²) in [5.41, 5.74) is 10.1. The number of aromatic nitrogens is 5. The van der Waals surface area contributed by atoms with Gasteiger partial charge in [-0.05, 0) is 49.8 Å². The molecule has 2 fully saturated rings. The molecule has 0 radical (unpaired) electrons. The van der Waals surface area contributed by atoms with Gasteiger partial charge in [-0.3, -0.25) is 4.79 Å². The molecule has 1 aliphatic heterocycles. The topological polar surface area (TPSA) is 104 Å². The molecule has 3 atom stereocenters. The fourth-order valence-corrected chi connectivity index (χ4v) is 5.80. The highest BCUT2D eigenvalue weighted by molar-refractivity contribution is 5.97. The Morgan fingerprint density at radius 1 is 1.18 bits per heavy atom. The van der Waals surface area contributed by atoms with Crippen molar-refractivity contribution in [2.24, 2.45) is 24.6 Å². The molecule has 4 aromatic heterocycles. The van der Waals surface area contributed by atoms with Gasteiger partial charge in [-0.15, -0.1) is 0 Å². The summed E-state index contributed by atoms with van der Waals surface area (Å²) in [6.45, 7) is 4.33. The van der Waals surface area contributed by atoms with Crippen LogP contribution in [0.25, 0.3) is 33.7 Å². The number of methoxy groups -OCH3 is 1. The van der Waals surface area contributed by atoms with E-state index < -0.39 is 0 Å². The summed E-state index contributed by atoms with van der Waals surface area (Å²) in [7, 11) is 3.57. The number of nitrogens with two attached hydrogens (primary N) is 1. The van der Waals surface area contributed by atoms with Crippen LogP contribution in [0.4, 0.5) is 0 Å². The third-order valence-electron chi connectivity index (χ3n) is 7.50. The second-order valence-corrected chi connectivity index (χ2v) is 9.57. The molecule has 176 valence electrons. The number of imidazole rings is 1. The number of nitrogens with zero attached hydrogens (tertiary/aromatic N) is 6. The number of aryl methyl sites for hydroxylation is 2. The Morgan fingerprint density at radius 3 is 2.79 bits per heavy atom. The van der Waals surface area contributed by atoms with Crippen LogP contribution in [-0.2, 0) is 13.6 Å². The number of likely N-dealkylation sites (tertiary alicyclic amines) is 1. The molecular weight excluding hydrogens is 430 g/mol. The highest BCUT2D eigenvalue weighted by Gasteiger charge is 2.40. The number of rotatable bonds is 4. The van der Waals surface area contributed by atoms with Gasteiger partial charge in [-0.2, -0.15) is 4.98 Å². The molecule has 2 aliphatic rings. The highest BCUT2D eigenvalue weighted by atomic mass is 16.5. The van der Waals surface area contributed by atoms with E-state index in [0.717, 1.165) is 60.7 Å². The second-order valence-electron chi connectivity index (χ2n) is 9.57. The molecule has 5 heterocycles. The van der Waals surface area contributed by atoms with Crippen molar-refractivity contribution in [3.8, 4) is 17.4 Å². The quantitative estimate of drug-likeness (QED) is 0.503. The first-order valence-corrected chi connectivity index (χ1v) is 11.9. The Balaban J connectivity index is 1.38. The van der Waals surface area contributed by atoms with E-state index in [4.69, 9.17) is 15.5 Å². The number of hydrogen-bond acceptors (Lipinski definition) is 6. The molecule has 2 bridgehead atoms. The van der Waals surface area contributed by atoms with Crippen molar-refractivity contribution in [2.75, 3.05) is 20.2 Å². The Labute approximate surface area is 197 Å². The number of hydrogen-bond donors (Lipinski definition) is 1. The zero-order valence-electron chi connectivity index (χ0n) is 19.7. The summed E-state index contributed by atoms with van der Waals surface area (Å²) >= 11 is 0. The van der Waals surface area contributed by atoms with Gasteiger partial charge in [0.25, 0.3) is 5.91 Å². The van der Waals surface area contributed by atoms with E-state index in [1.54, 1.807) is 13.3 Å². The maximum Gasteiger partial charge on any atom is 0.255 e. The van der Waals surface area contributed by atoms with Gasteiger partial charge in [-0.1, -0.05) is 0 Å². The van der Waals surface area contributed by atoms with Crippen LogP contribution in [0.3, 0.4) is 0 Å². The van der Waals surface area contributed by atoms with Crippen molar-refractivity contribution >= 4 is 28.1 Å². The second kappa shape index (κ2) is 7.80. The van der Waals surface area contributed by atoms with Crippen molar-refractivity contribution in [3.63, 3.8) is 0 Å². The van der Waals surface area contributed by atoms with Gasteiger partial charge in [0.1, 0.15) is 11.2 Å². The summed E-state index contributed by atoms with van der Waals surface area (Å²) in [6.07, 6.45) is 3.83. The Morgan fingerprint density at radius 2 is 2.03 bits per heavy atom.